The third-order valence-corrected chi connectivity index (χ3v) is 13.4. The highest BCUT2D eigenvalue weighted by Crippen LogP contribution is 2.38. The second kappa shape index (κ2) is 23.0. The first kappa shape index (κ1) is 47.3. The number of unbranched alkanes of at least 4 members (excludes halogenated alkanes) is 3. The SMILES string of the molecule is C[C@H](NC(=O)Cc1ccc(C(=O)c2ccccc2)cc1)C(=O)N[C@@H]1C(=O)N(CC(=O)NCCCCCNC(=O)CCCC[C@@H]2SC[C@@H]3NC(=O)N[C@@H]32)c2ccccc2O[C@@H]1c1ccccc1. The zero-order chi connectivity index (χ0) is 46.4. The summed E-state index contributed by atoms with van der Waals surface area (Å²) in [5.41, 5.74) is 2.68. The molecule has 16 heteroatoms. The summed E-state index contributed by atoms with van der Waals surface area (Å²) in [7, 11) is 0. The predicted octanol–water partition coefficient (Wildman–Crippen LogP) is 4.75. The molecule has 4 aromatic carbocycles. The minimum atomic E-state index is -1.28. The molecule has 6 atom stereocenters. The molecule has 2 saturated heterocycles. The molecule has 15 nitrogen and oxygen atoms in total. The number of nitrogens with one attached hydrogen (secondary N) is 6. The number of anilines is 1. The monoisotopic (exact) mass is 915 g/mol. The van der Waals surface area contributed by atoms with Gasteiger partial charge in [0, 0.05) is 41.6 Å². The molecule has 2 fully saturated rings. The summed E-state index contributed by atoms with van der Waals surface area (Å²) in [5.74, 6) is -0.867. The van der Waals surface area contributed by atoms with Gasteiger partial charge in [0.25, 0.3) is 5.91 Å². The molecule has 3 aliphatic heterocycles. The van der Waals surface area contributed by atoms with Crippen LogP contribution in [0.4, 0.5) is 10.5 Å². The molecule has 7 amide bonds. The second-order valence-corrected chi connectivity index (χ2v) is 18.1. The lowest BCUT2D eigenvalue weighted by molar-refractivity contribution is -0.132. The van der Waals surface area contributed by atoms with E-state index in [0.717, 1.165) is 37.9 Å². The quantitative estimate of drug-likeness (QED) is 0.0388. The third kappa shape index (κ3) is 12.6. The van der Waals surface area contributed by atoms with Gasteiger partial charge in [-0.15, -0.1) is 0 Å². The first-order chi connectivity index (χ1) is 32.0. The Morgan fingerprint density at radius 1 is 0.742 bits per heavy atom. The Morgan fingerprint density at radius 2 is 1.41 bits per heavy atom. The summed E-state index contributed by atoms with van der Waals surface area (Å²) >= 11 is 1.87. The summed E-state index contributed by atoms with van der Waals surface area (Å²) in [6, 6.07) is 29.5. The number of amides is 7. The van der Waals surface area contributed by atoms with Gasteiger partial charge in [-0.1, -0.05) is 103 Å². The minimum absolute atomic E-state index is 0.0164. The van der Waals surface area contributed by atoms with Crippen LogP contribution in [-0.2, 0) is 30.4 Å². The fourth-order valence-electron chi connectivity index (χ4n) is 8.40. The summed E-state index contributed by atoms with van der Waals surface area (Å²) in [4.78, 5) is 93.2. The number of rotatable bonds is 21. The molecular formula is C50H57N7O8S. The number of urea groups is 1. The lowest BCUT2D eigenvalue weighted by Crippen LogP contribution is -2.56. The maximum Gasteiger partial charge on any atom is 0.315 e. The summed E-state index contributed by atoms with van der Waals surface area (Å²) < 4.78 is 6.49. The first-order valence-electron chi connectivity index (χ1n) is 22.7. The Hall–Kier alpha value is -6.68. The van der Waals surface area contributed by atoms with Crippen LogP contribution < -0.4 is 41.5 Å². The van der Waals surface area contributed by atoms with Gasteiger partial charge in [0.15, 0.2) is 11.9 Å². The maximum absolute atomic E-state index is 14.6. The van der Waals surface area contributed by atoms with Crippen LogP contribution in [0.15, 0.2) is 109 Å². The van der Waals surface area contributed by atoms with E-state index < -0.39 is 41.8 Å². The van der Waals surface area contributed by atoms with Gasteiger partial charge in [-0.25, -0.2) is 4.79 Å². The Kier molecular flexibility index (Phi) is 16.5. The highest BCUT2D eigenvalue weighted by atomic mass is 32.2. The number of hydrogen-bond donors (Lipinski definition) is 6. The van der Waals surface area contributed by atoms with Gasteiger partial charge in [-0.2, -0.15) is 11.8 Å². The lowest BCUT2D eigenvalue weighted by Gasteiger charge is -2.29. The van der Waals surface area contributed by atoms with E-state index in [2.05, 4.69) is 31.9 Å². The molecule has 0 aliphatic carbocycles. The van der Waals surface area contributed by atoms with Gasteiger partial charge in [0.2, 0.25) is 23.6 Å². The van der Waals surface area contributed by atoms with E-state index in [1.54, 1.807) is 97.1 Å². The summed E-state index contributed by atoms with van der Waals surface area (Å²) in [5, 5.41) is 17.8. The highest BCUT2D eigenvalue weighted by Gasteiger charge is 2.43. The van der Waals surface area contributed by atoms with Crippen LogP contribution in [0.1, 0.15) is 85.0 Å². The average molecular weight is 916 g/mol. The molecule has 0 bridgehead atoms. The van der Waals surface area contributed by atoms with Crippen molar-refractivity contribution < 1.29 is 38.3 Å². The van der Waals surface area contributed by atoms with Gasteiger partial charge in [-0.05, 0) is 62.3 Å². The second-order valence-electron chi connectivity index (χ2n) is 16.8. The third-order valence-electron chi connectivity index (χ3n) is 11.9. The number of ether oxygens (including phenoxy) is 1. The molecule has 0 saturated carbocycles. The predicted molar refractivity (Wildman–Crippen MR) is 252 cm³/mol. The Bertz CT molecular complexity index is 2350. The number of carbonyl (C=O) groups excluding carboxylic acids is 7. The van der Waals surface area contributed by atoms with Crippen LogP contribution in [0, 0.1) is 0 Å². The fourth-order valence-corrected chi connectivity index (χ4v) is 9.94. The van der Waals surface area contributed by atoms with Crippen molar-refractivity contribution in [1.29, 1.82) is 0 Å². The molecule has 7 rings (SSSR count). The van der Waals surface area contributed by atoms with Crippen molar-refractivity contribution in [3.05, 3.63) is 131 Å². The Balaban J connectivity index is 0.880. The number of fused-ring (bicyclic) bond motifs is 2. The van der Waals surface area contributed by atoms with Crippen LogP contribution in [0.25, 0.3) is 0 Å². The van der Waals surface area contributed by atoms with E-state index in [4.69, 9.17) is 4.74 Å². The smallest absolute Gasteiger partial charge is 0.315 e. The van der Waals surface area contributed by atoms with Crippen molar-refractivity contribution in [2.75, 3.05) is 30.3 Å². The van der Waals surface area contributed by atoms with E-state index in [0.29, 0.717) is 64.9 Å². The Labute approximate surface area is 389 Å². The minimum Gasteiger partial charge on any atom is -0.481 e. The summed E-state index contributed by atoms with van der Waals surface area (Å²) in [6.07, 6.45) is 4.30. The van der Waals surface area contributed by atoms with Crippen molar-refractivity contribution in [1.82, 2.24) is 31.9 Å². The van der Waals surface area contributed by atoms with E-state index in [-0.39, 0.29) is 42.8 Å². The number of para-hydroxylation sites is 2. The summed E-state index contributed by atoms with van der Waals surface area (Å²) in [6.45, 7) is 2.09. The number of ketones is 1. The topological polar surface area (TPSA) is 204 Å². The normalized spacial score (nSPS) is 20.0. The zero-order valence-corrected chi connectivity index (χ0v) is 37.8. The van der Waals surface area contributed by atoms with Crippen LogP contribution in [0.5, 0.6) is 5.75 Å². The van der Waals surface area contributed by atoms with Gasteiger partial charge in [-0.3, -0.25) is 33.7 Å². The molecule has 0 aromatic heterocycles. The highest BCUT2D eigenvalue weighted by molar-refractivity contribution is 8.00. The molecule has 0 radical (unpaired) electrons. The Morgan fingerprint density at radius 3 is 2.15 bits per heavy atom. The first-order valence-corrected chi connectivity index (χ1v) is 23.7. The molecule has 6 N–H and O–H groups in total. The number of hydrogen-bond acceptors (Lipinski definition) is 9. The maximum atomic E-state index is 14.6. The molecule has 4 aromatic rings. The molecule has 0 spiro atoms. The van der Waals surface area contributed by atoms with E-state index >= 15 is 0 Å². The van der Waals surface area contributed by atoms with Gasteiger partial charge >= 0.3 is 6.03 Å². The molecule has 3 aliphatic rings. The van der Waals surface area contributed by atoms with E-state index in [9.17, 15) is 33.6 Å². The van der Waals surface area contributed by atoms with Crippen molar-refractivity contribution in [3.63, 3.8) is 0 Å². The number of thioether (sulfide) groups is 1. The zero-order valence-electron chi connectivity index (χ0n) is 37.0. The van der Waals surface area contributed by atoms with Crippen molar-refractivity contribution in [3.8, 4) is 5.75 Å². The van der Waals surface area contributed by atoms with Gasteiger partial charge < -0.3 is 36.6 Å². The fraction of sp³-hybridized carbons (Fsp3) is 0.380. The molecule has 66 heavy (non-hydrogen) atoms. The van der Waals surface area contributed by atoms with E-state index in [1.807, 2.05) is 23.9 Å². The molecule has 0 unspecified atom stereocenters. The molecular weight excluding hydrogens is 859 g/mol. The number of nitrogens with zero attached hydrogens (tertiary/aromatic N) is 1. The lowest BCUT2D eigenvalue weighted by atomic mass is 10.0. The van der Waals surface area contributed by atoms with Crippen LogP contribution in [0.3, 0.4) is 0 Å². The van der Waals surface area contributed by atoms with E-state index in [1.165, 1.54) is 11.8 Å². The molecule has 346 valence electrons. The van der Waals surface area contributed by atoms with Crippen LogP contribution in [0.2, 0.25) is 0 Å². The van der Waals surface area contributed by atoms with Gasteiger partial charge in [0.05, 0.1) is 24.2 Å². The van der Waals surface area contributed by atoms with Crippen molar-refractivity contribution >= 4 is 58.8 Å². The van der Waals surface area contributed by atoms with Crippen LogP contribution >= 0.6 is 11.8 Å². The largest absolute Gasteiger partial charge is 0.481 e. The van der Waals surface area contributed by atoms with Gasteiger partial charge in [0.1, 0.15) is 24.4 Å². The number of benzene rings is 4. The van der Waals surface area contributed by atoms with Crippen LogP contribution in [-0.4, -0.2) is 96.2 Å². The van der Waals surface area contributed by atoms with Crippen molar-refractivity contribution in [2.24, 2.45) is 0 Å². The standard InChI is InChI=1S/C50H57N7O8S/c1-32(53-42(59)29-33-23-25-35(26-24-33)46(61)34-15-5-2-6-16-34)48(62)55-45-47(36-17-7-3-8-18-36)65-39-20-10-9-19-38(39)57(49(45)63)30-43(60)52-28-14-4-13-27-51-41(58)22-12-11-21-40-44-37(31-66-40)54-50(64)56-44/h2-3,5-10,15-20,23-26,32,37,40,44-45,47H,4,11-14,21-22,27-31H2,1H3,(H,51,58)(H,52,60)(H,53,59)(H,55,62)(H2,54,56,64)/t32-,37-,40-,44-,45-,47+/m0/s1. The van der Waals surface area contributed by atoms with Crippen molar-refractivity contribution in [2.45, 2.75) is 93.8 Å². The average Bonchev–Trinajstić information content (AvgIpc) is 3.86. The molecule has 3 heterocycles. The number of carbonyl (C=O) groups is 7.